The molecule has 2 rings (SSSR count). The fourth-order valence-electron chi connectivity index (χ4n) is 1.93. The Morgan fingerprint density at radius 1 is 1.50 bits per heavy atom. The summed E-state index contributed by atoms with van der Waals surface area (Å²) in [6.07, 6.45) is 0.909. The van der Waals surface area contributed by atoms with Gasteiger partial charge in [0.15, 0.2) is 0 Å². The highest BCUT2D eigenvalue weighted by molar-refractivity contribution is 5.97. The van der Waals surface area contributed by atoms with Gasteiger partial charge in [-0.1, -0.05) is 12.1 Å². The average molecular weight is 220 g/mol. The van der Waals surface area contributed by atoms with Crippen molar-refractivity contribution in [3.63, 3.8) is 0 Å². The van der Waals surface area contributed by atoms with Gasteiger partial charge in [0.05, 0.1) is 11.1 Å². The van der Waals surface area contributed by atoms with Crippen molar-refractivity contribution in [3.8, 4) is 5.75 Å². The number of hydrogen-bond donors (Lipinski definition) is 3. The molecule has 0 aromatic heterocycles. The minimum Gasteiger partial charge on any atom is -0.507 e. The van der Waals surface area contributed by atoms with E-state index >= 15 is 0 Å². The first-order valence-corrected chi connectivity index (χ1v) is 5.42. The van der Waals surface area contributed by atoms with E-state index in [9.17, 15) is 9.90 Å². The van der Waals surface area contributed by atoms with Gasteiger partial charge in [0.25, 0.3) is 5.91 Å². The molecule has 1 saturated heterocycles. The fourth-order valence-corrected chi connectivity index (χ4v) is 1.93. The Hall–Kier alpha value is -1.55. The van der Waals surface area contributed by atoms with Gasteiger partial charge >= 0.3 is 0 Å². The van der Waals surface area contributed by atoms with Crippen molar-refractivity contribution in [2.45, 2.75) is 18.9 Å². The van der Waals surface area contributed by atoms with Crippen LogP contribution in [0.1, 0.15) is 23.7 Å². The Morgan fingerprint density at radius 3 is 2.88 bits per heavy atom. The van der Waals surface area contributed by atoms with Gasteiger partial charge in [-0.25, -0.2) is 0 Å². The quantitative estimate of drug-likeness (QED) is 0.693. The molecule has 1 atom stereocenters. The molecule has 86 valence electrons. The predicted octanol–water partition coefficient (Wildman–Crippen LogP) is 0.874. The lowest BCUT2D eigenvalue weighted by atomic mass is 10.0. The second-order valence-corrected chi connectivity index (χ2v) is 4.46. The summed E-state index contributed by atoms with van der Waals surface area (Å²) in [6.45, 7) is 3.69. The first-order valence-electron chi connectivity index (χ1n) is 5.42. The van der Waals surface area contributed by atoms with Crippen LogP contribution >= 0.6 is 0 Å². The van der Waals surface area contributed by atoms with Gasteiger partial charge in [-0.15, -0.1) is 0 Å². The zero-order chi connectivity index (χ0) is 11.6. The van der Waals surface area contributed by atoms with Crippen LogP contribution in [0, 0.1) is 0 Å². The molecule has 16 heavy (non-hydrogen) atoms. The third kappa shape index (κ3) is 2.17. The molecule has 1 unspecified atom stereocenters. The van der Waals surface area contributed by atoms with Crippen LogP contribution in [0.25, 0.3) is 0 Å². The Kier molecular flexibility index (Phi) is 2.83. The Bertz CT molecular complexity index is 398. The van der Waals surface area contributed by atoms with Crippen LogP contribution in [0.15, 0.2) is 24.3 Å². The van der Waals surface area contributed by atoms with E-state index in [1.54, 1.807) is 18.2 Å². The van der Waals surface area contributed by atoms with Crippen molar-refractivity contribution < 1.29 is 9.90 Å². The molecular formula is C12H16N2O2. The number of hydrogen-bond acceptors (Lipinski definition) is 3. The number of aromatic hydroxyl groups is 1. The number of para-hydroxylation sites is 1. The molecule has 1 aliphatic heterocycles. The van der Waals surface area contributed by atoms with Crippen LogP contribution in [0.5, 0.6) is 5.75 Å². The third-order valence-electron chi connectivity index (χ3n) is 2.93. The highest BCUT2D eigenvalue weighted by atomic mass is 16.3. The van der Waals surface area contributed by atoms with E-state index in [1.807, 2.05) is 6.92 Å². The van der Waals surface area contributed by atoms with E-state index < -0.39 is 0 Å². The molecule has 1 aliphatic rings. The van der Waals surface area contributed by atoms with Crippen LogP contribution in [-0.2, 0) is 0 Å². The molecule has 0 radical (unpaired) electrons. The largest absolute Gasteiger partial charge is 0.507 e. The zero-order valence-corrected chi connectivity index (χ0v) is 9.29. The maximum atomic E-state index is 11.9. The van der Waals surface area contributed by atoms with Crippen LogP contribution in [0.3, 0.4) is 0 Å². The molecule has 0 spiro atoms. The molecule has 1 heterocycles. The van der Waals surface area contributed by atoms with Gasteiger partial charge in [0.1, 0.15) is 5.75 Å². The third-order valence-corrected chi connectivity index (χ3v) is 2.93. The van der Waals surface area contributed by atoms with E-state index in [-0.39, 0.29) is 17.2 Å². The van der Waals surface area contributed by atoms with Crippen molar-refractivity contribution in [2.75, 3.05) is 13.1 Å². The van der Waals surface area contributed by atoms with Crippen LogP contribution < -0.4 is 10.6 Å². The van der Waals surface area contributed by atoms with Gasteiger partial charge in [-0.05, 0) is 32.0 Å². The second-order valence-electron chi connectivity index (χ2n) is 4.46. The molecule has 4 nitrogen and oxygen atoms in total. The number of rotatable bonds is 2. The fraction of sp³-hybridized carbons (Fsp3) is 0.417. The lowest BCUT2D eigenvalue weighted by Crippen LogP contribution is -2.47. The molecule has 0 aliphatic carbocycles. The number of carbonyl (C=O) groups is 1. The van der Waals surface area contributed by atoms with Gasteiger partial charge in [-0.3, -0.25) is 4.79 Å². The van der Waals surface area contributed by atoms with E-state index in [4.69, 9.17) is 0 Å². The number of nitrogens with one attached hydrogen (secondary N) is 2. The summed E-state index contributed by atoms with van der Waals surface area (Å²) in [7, 11) is 0. The van der Waals surface area contributed by atoms with Gasteiger partial charge in [0.2, 0.25) is 0 Å². The standard InChI is InChI=1S/C12H16N2O2/c1-12(6-7-13-8-12)14-11(16)9-4-2-3-5-10(9)15/h2-5,13,15H,6-8H2,1H3,(H,14,16). The van der Waals surface area contributed by atoms with E-state index in [0.717, 1.165) is 19.5 Å². The maximum absolute atomic E-state index is 11.9. The Morgan fingerprint density at radius 2 is 2.25 bits per heavy atom. The number of phenols is 1. The number of carbonyl (C=O) groups excluding carboxylic acids is 1. The SMILES string of the molecule is CC1(NC(=O)c2ccccc2O)CCNC1. The molecule has 1 aromatic rings. The zero-order valence-electron chi connectivity index (χ0n) is 9.29. The molecule has 0 saturated carbocycles. The summed E-state index contributed by atoms with van der Waals surface area (Å²) in [5.74, 6) is -0.196. The first-order chi connectivity index (χ1) is 7.61. The van der Waals surface area contributed by atoms with Crippen LogP contribution in [-0.4, -0.2) is 29.6 Å². The summed E-state index contributed by atoms with van der Waals surface area (Å²) in [5.41, 5.74) is 0.120. The van der Waals surface area contributed by atoms with Crippen molar-refractivity contribution in [1.82, 2.24) is 10.6 Å². The molecule has 0 bridgehead atoms. The maximum Gasteiger partial charge on any atom is 0.255 e. The van der Waals surface area contributed by atoms with Gasteiger partial charge in [0, 0.05) is 6.54 Å². The molecule has 1 aromatic carbocycles. The average Bonchev–Trinajstić information content (AvgIpc) is 2.65. The van der Waals surface area contributed by atoms with Crippen molar-refractivity contribution in [3.05, 3.63) is 29.8 Å². The lowest BCUT2D eigenvalue weighted by Gasteiger charge is -2.24. The van der Waals surface area contributed by atoms with E-state index in [2.05, 4.69) is 10.6 Å². The summed E-state index contributed by atoms with van der Waals surface area (Å²) in [4.78, 5) is 11.9. The lowest BCUT2D eigenvalue weighted by molar-refractivity contribution is 0.0910. The number of amides is 1. The highest BCUT2D eigenvalue weighted by Gasteiger charge is 2.30. The normalized spacial score (nSPS) is 24.3. The monoisotopic (exact) mass is 220 g/mol. The Labute approximate surface area is 94.7 Å². The van der Waals surface area contributed by atoms with Crippen molar-refractivity contribution in [2.24, 2.45) is 0 Å². The van der Waals surface area contributed by atoms with Crippen LogP contribution in [0.2, 0.25) is 0 Å². The number of phenolic OH excluding ortho intramolecular Hbond substituents is 1. The van der Waals surface area contributed by atoms with Gasteiger partial charge in [-0.2, -0.15) is 0 Å². The van der Waals surface area contributed by atoms with Gasteiger partial charge < -0.3 is 15.7 Å². The smallest absolute Gasteiger partial charge is 0.255 e. The highest BCUT2D eigenvalue weighted by Crippen LogP contribution is 2.19. The predicted molar refractivity (Wildman–Crippen MR) is 61.5 cm³/mol. The Balaban J connectivity index is 2.11. The molecule has 3 N–H and O–H groups in total. The minimum absolute atomic E-state index is 0.0227. The minimum atomic E-state index is -0.218. The molecule has 1 amide bonds. The molecular weight excluding hydrogens is 204 g/mol. The van der Waals surface area contributed by atoms with Crippen molar-refractivity contribution in [1.29, 1.82) is 0 Å². The summed E-state index contributed by atoms with van der Waals surface area (Å²) < 4.78 is 0. The molecule has 4 heteroatoms. The molecule has 1 fully saturated rings. The summed E-state index contributed by atoms with van der Waals surface area (Å²) >= 11 is 0. The van der Waals surface area contributed by atoms with E-state index in [0.29, 0.717) is 5.56 Å². The summed E-state index contributed by atoms with van der Waals surface area (Å²) in [6, 6.07) is 6.58. The summed E-state index contributed by atoms with van der Waals surface area (Å²) in [5, 5.41) is 15.7. The van der Waals surface area contributed by atoms with Crippen LogP contribution in [0.4, 0.5) is 0 Å². The topological polar surface area (TPSA) is 61.4 Å². The first kappa shape index (κ1) is 11.0. The van der Waals surface area contributed by atoms with Crippen molar-refractivity contribution >= 4 is 5.91 Å². The van der Waals surface area contributed by atoms with E-state index in [1.165, 1.54) is 6.07 Å². The number of benzene rings is 1. The second kappa shape index (κ2) is 4.14.